The number of aromatic nitrogens is 6. The van der Waals surface area contributed by atoms with Crippen molar-refractivity contribution in [1.29, 1.82) is 0 Å². The molecule has 5 heterocycles. The Bertz CT molecular complexity index is 1260. The number of aryl methyl sites for hydroxylation is 1. The molecule has 1 amide bonds. The van der Waals surface area contributed by atoms with Gasteiger partial charge in [-0.15, -0.1) is 5.10 Å². The molecule has 0 atom stereocenters. The average molecular weight is 429 g/mol. The zero-order valence-electron chi connectivity index (χ0n) is 17.6. The van der Waals surface area contributed by atoms with Crippen molar-refractivity contribution in [2.24, 2.45) is 7.05 Å². The number of piperidine rings is 1. The first kappa shape index (κ1) is 20.0. The Kier molecular flexibility index (Phi) is 5.42. The normalized spacial score (nSPS) is 14.4. The average Bonchev–Trinajstić information content (AvgIpc) is 3.26. The summed E-state index contributed by atoms with van der Waals surface area (Å²) < 4.78 is 1.63. The maximum absolute atomic E-state index is 12.8. The quantitative estimate of drug-likeness (QED) is 0.441. The van der Waals surface area contributed by atoms with Crippen LogP contribution in [0.3, 0.4) is 0 Å². The second-order valence-electron chi connectivity index (χ2n) is 7.82. The molecule has 0 aromatic carbocycles. The lowest BCUT2D eigenvalue weighted by molar-refractivity contribution is 0.102. The minimum absolute atomic E-state index is 0.240. The summed E-state index contributed by atoms with van der Waals surface area (Å²) in [5.41, 5.74) is 1.91. The third kappa shape index (κ3) is 4.40. The number of hydrogen-bond donors (Lipinski definition) is 3. The van der Waals surface area contributed by atoms with Crippen molar-refractivity contribution in [1.82, 2.24) is 35.3 Å². The molecule has 162 valence electrons. The molecule has 0 saturated carbocycles. The van der Waals surface area contributed by atoms with Gasteiger partial charge in [-0.05, 0) is 55.6 Å². The number of rotatable bonds is 5. The molecule has 10 nitrogen and oxygen atoms in total. The Balaban J connectivity index is 1.33. The van der Waals surface area contributed by atoms with E-state index in [0.29, 0.717) is 34.6 Å². The lowest BCUT2D eigenvalue weighted by Crippen LogP contribution is -2.35. The Labute approximate surface area is 184 Å². The Hall–Kier alpha value is -3.92. The summed E-state index contributed by atoms with van der Waals surface area (Å²) in [5.74, 6) is 0.926. The van der Waals surface area contributed by atoms with E-state index in [1.807, 2.05) is 19.2 Å². The highest BCUT2D eigenvalue weighted by Crippen LogP contribution is 2.22. The van der Waals surface area contributed by atoms with Crippen LogP contribution < -0.4 is 16.0 Å². The van der Waals surface area contributed by atoms with Gasteiger partial charge in [-0.1, -0.05) is 5.21 Å². The van der Waals surface area contributed by atoms with Gasteiger partial charge in [0.2, 0.25) is 0 Å². The largest absolute Gasteiger partial charge is 0.367 e. The van der Waals surface area contributed by atoms with Gasteiger partial charge < -0.3 is 16.0 Å². The van der Waals surface area contributed by atoms with Crippen LogP contribution in [0.1, 0.15) is 23.2 Å². The fraction of sp³-hybridized carbons (Fsp3) is 0.273. The fourth-order valence-corrected chi connectivity index (χ4v) is 3.73. The van der Waals surface area contributed by atoms with Crippen LogP contribution in [0.5, 0.6) is 0 Å². The maximum Gasteiger partial charge on any atom is 0.257 e. The van der Waals surface area contributed by atoms with Gasteiger partial charge in [0, 0.05) is 42.6 Å². The summed E-state index contributed by atoms with van der Waals surface area (Å²) in [7, 11) is 1.81. The van der Waals surface area contributed by atoms with Gasteiger partial charge in [-0.2, -0.15) is 0 Å². The highest BCUT2D eigenvalue weighted by molar-refractivity contribution is 6.04. The monoisotopic (exact) mass is 429 g/mol. The van der Waals surface area contributed by atoms with E-state index in [4.69, 9.17) is 0 Å². The second-order valence-corrected chi connectivity index (χ2v) is 7.82. The predicted molar refractivity (Wildman–Crippen MR) is 121 cm³/mol. The van der Waals surface area contributed by atoms with Crippen molar-refractivity contribution in [2.75, 3.05) is 23.7 Å². The van der Waals surface area contributed by atoms with Crippen LogP contribution in [0.25, 0.3) is 22.2 Å². The standard InChI is InChI=1S/C22H23N9O/c1-31-13-19(29-30-31)18-8-15-10-21(26-12-16(15)11-25-18)28-22(32)14-2-7-24-20(9-14)27-17-3-5-23-6-4-17/h2,7-13,17,23H,3-6H2,1H3,(H,24,27)(H,26,28,32). The van der Waals surface area contributed by atoms with E-state index in [1.54, 1.807) is 41.6 Å². The number of fused-ring (bicyclic) bond motifs is 1. The summed E-state index contributed by atoms with van der Waals surface area (Å²) >= 11 is 0. The number of amides is 1. The number of carbonyl (C=O) groups excluding carboxylic acids is 1. The van der Waals surface area contributed by atoms with E-state index >= 15 is 0 Å². The highest BCUT2D eigenvalue weighted by Gasteiger charge is 2.15. The van der Waals surface area contributed by atoms with E-state index in [-0.39, 0.29) is 5.91 Å². The molecule has 1 saturated heterocycles. The fourth-order valence-electron chi connectivity index (χ4n) is 3.73. The van der Waals surface area contributed by atoms with Crippen LogP contribution in [-0.2, 0) is 7.05 Å². The summed E-state index contributed by atoms with van der Waals surface area (Å²) in [4.78, 5) is 26.0. The van der Waals surface area contributed by atoms with Crippen molar-refractivity contribution < 1.29 is 4.79 Å². The van der Waals surface area contributed by atoms with Crippen LogP contribution in [-0.4, -0.2) is 55.0 Å². The van der Waals surface area contributed by atoms with Crippen molar-refractivity contribution in [3.8, 4) is 11.4 Å². The van der Waals surface area contributed by atoms with Gasteiger partial charge in [-0.3, -0.25) is 14.5 Å². The first-order valence-corrected chi connectivity index (χ1v) is 10.5. The van der Waals surface area contributed by atoms with Gasteiger partial charge >= 0.3 is 0 Å². The number of pyridine rings is 3. The van der Waals surface area contributed by atoms with Crippen molar-refractivity contribution in [3.05, 3.63) is 54.6 Å². The Morgan fingerprint density at radius 3 is 2.69 bits per heavy atom. The lowest BCUT2D eigenvalue weighted by Gasteiger charge is -2.24. The van der Waals surface area contributed by atoms with Gasteiger partial charge in [0.25, 0.3) is 5.91 Å². The van der Waals surface area contributed by atoms with E-state index in [9.17, 15) is 4.79 Å². The van der Waals surface area contributed by atoms with E-state index in [0.717, 1.165) is 36.7 Å². The smallest absolute Gasteiger partial charge is 0.257 e. The van der Waals surface area contributed by atoms with Crippen molar-refractivity contribution in [3.63, 3.8) is 0 Å². The molecule has 4 aromatic heterocycles. The number of nitrogens with one attached hydrogen (secondary N) is 3. The molecule has 1 fully saturated rings. The zero-order chi connectivity index (χ0) is 21.9. The second kappa shape index (κ2) is 8.67. The summed E-state index contributed by atoms with van der Waals surface area (Å²) in [6, 6.07) is 7.56. The number of carbonyl (C=O) groups is 1. The van der Waals surface area contributed by atoms with Crippen LogP contribution in [0.2, 0.25) is 0 Å². The molecular formula is C22H23N9O. The minimum atomic E-state index is -0.240. The zero-order valence-corrected chi connectivity index (χ0v) is 17.6. The minimum Gasteiger partial charge on any atom is -0.367 e. The van der Waals surface area contributed by atoms with Crippen LogP contribution in [0.15, 0.2) is 49.1 Å². The van der Waals surface area contributed by atoms with Crippen LogP contribution in [0, 0.1) is 0 Å². The van der Waals surface area contributed by atoms with Crippen molar-refractivity contribution in [2.45, 2.75) is 18.9 Å². The SMILES string of the molecule is Cn1cc(-c2cc3cc(NC(=O)c4ccnc(NC5CCNCC5)c4)ncc3cn2)nn1. The number of hydrogen-bond acceptors (Lipinski definition) is 8. The Morgan fingerprint density at radius 2 is 1.88 bits per heavy atom. The predicted octanol–water partition coefficient (Wildman–Crippen LogP) is 2.24. The third-order valence-corrected chi connectivity index (χ3v) is 5.42. The van der Waals surface area contributed by atoms with Gasteiger partial charge in [0.1, 0.15) is 17.3 Å². The van der Waals surface area contributed by atoms with Gasteiger partial charge in [0.05, 0.1) is 11.9 Å². The molecular weight excluding hydrogens is 406 g/mol. The van der Waals surface area contributed by atoms with E-state index < -0.39 is 0 Å². The molecule has 0 spiro atoms. The molecule has 4 aromatic rings. The molecule has 5 rings (SSSR count). The third-order valence-electron chi connectivity index (χ3n) is 5.42. The maximum atomic E-state index is 12.8. The summed E-state index contributed by atoms with van der Waals surface area (Å²) in [5, 5.41) is 19.5. The molecule has 3 N–H and O–H groups in total. The molecule has 1 aliphatic heterocycles. The molecule has 32 heavy (non-hydrogen) atoms. The Morgan fingerprint density at radius 1 is 1.03 bits per heavy atom. The molecule has 0 bridgehead atoms. The molecule has 0 unspecified atom stereocenters. The summed E-state index contributed by atoms with van der Waals surface area (Å²) in [6.45, 7) is 1.97. The first-order chi connectivity index (χ1) is 15.6. The molecule has 0 aliphatic carbocycles. The molecule has 0 radical (unpaired) electrons. The molecule has 10 heteroatoms. The highest BCUT2D eigenvalue weighted by atomic mass is 16.1. The van der Waals surface area contributed by atoms with Crippen molar-refractivity contribution >= 4 is 28.3 Å². The number of nitrogens with zero attached hydrogens (tertiary/aromatic N) is 6. The van der Waals surface area contributed by atoms with Gasteiger partial charge in [0.15, 0.2) is 0 Å². The van der Waals surface area contributed by atoms with Crippen LogP contribution in [0.4, 0.5) is 11.6 Å². The van der Waals surface area contributed by atoms with E-state index in [1.165, 1.54) is 0 Å². The van der Waals surface area contributed by atoms with E-state index in [2.05, 4.69) is 41.2 Å². The molecule has 1 aliphatic rings. The lowest BCUT2D eigenvalue weighted by atomic mass is 10.1. The summed E-state index contributed by atoms with van der Waals surface area (Å²) in [6.07, 6.45) is 8.94. The first-order valence-electron chi connectivity index (χ1n) is 10.5. The number of anilines is 2. The van der Waals surface area contributed by atoms with Gasteiger partial charge in [-0.25, -0.2) is 9.97 Å². The topological polar surface area (TPSA) is 123 Å². The van der Waals surface area contributed by atoms with Crippen LogP contribution >= 0.6 is 0 Å².